The fourth-order valence-corrected chi connectivity index (χ4v) is 5.40. The summed E-state index contributed by atoms with van der Waals surface area (Å²) >= 11 is 0. The molecule has 2 aliphatic carbocycles. The highest BCUT2D eigenvalue weighted by Gasteiger charge is 2.48. The van der Waals surface area contributed by atoms with Crippen LogP contribution in [0.5, 0.6) is 0 Å². The maximum atomic E-state index is 13.2. The lowest BCUT2D eigenvalue weighted by Crippen LogP contribution is -2.45. The number of hydrogen-bond acceptors (Lipinski definition) is 3. The maximum absolute atomic E-state index is 13.2. The molecular formula is C29H38O3. The number of aryl methyl sites for hydroxylation is 4. The molecule has 0 amide bonds. The molecule has 0 atom stereocenters. The van der Waals surface area contributed by atoms with Crippen molar-refractivity contribution in [3.05, 3.63) is 69.8 Å². The molecule has 0 N–H and O–H groups in total. The van der Waals surface area contributed by atoms with E-state index in [4.69, 9.17) is 9.47 Å². The van der Waals surface area contributed by atoms with Gasteiger partial charge in [-0.25, -0.2) is 4.79 Å². The van der Waals surface area contributed by atoms with Crippen LogP contribution in [0, 0.1) is 0 Å². The predicted molar refractivity (Wildman–Crippen MR) is 129 cm³/mol. The summed E-state index contributed by atoms with van der Waals surface area (Å²) < 4.78 is 12.4. The van der Waals surface area contributed by atoms with Crippen molar-refractivity contribution in [3.63, 3.8) is 0 Å². The van der Waals surface area contributed by atoms with E-state index in [1.165, 1.54) is 33.4 Å². The van der Waals surface area contributed by atoms with E-state index in [-0.39, 0.29) is 0 Å². The second kappa shape index (κ2) is 9.29. The summed E-state index contributed by atoms with van der Waals surface area (Å²) in [6.45, 7) is 8.71. The van der Waals surface area contributed by atoms with Gasteiger partial charge in [-0.2, -0.15) is 0 Å². The lowest BCUT2D eigenvalue weighted by atomic mass is 9.72. The van der Waals surface area contributed by atoms with E-state index in [1.54, 1.807) is 0 Å². The molecule has 3 heteroatoms. The van der Waals surface area contributed by atoms with Crippen molar-refractivity contribution >= 4 is 6.16 Å². The van der Waals surface area contributed by atoms with Crippen LogP contribution in [0.25, 0.3) is 0 Å². The van der Waals surface area contributed by atoms with Crippen LogP contribution >= 0.6 is 0 Å². The van der Waals surface area contributed by atoms with E-state index in [0.29, 0.717) is 0 Å². The first-order valence-electron chi connectivity index (χ1n) is 12.7. The molecule has 2 fully saturated rings. The maximum Gasteiger partial charge on any atom is 0.510 e. The van der Waals surface area contributed by atoms with Crippen molar-refractivity contribution < 1.29 is 14.3 Å². The van der Waals surface area contributed by atoms with E-state index in [0.717, 1.165) is 64.2 Å². The molecule has 0 bridgehead atoms. The molecule has 4 rings (SSSR count). The average molecular weight is 435 g/mol. The van der Waals surface area contributed by atoms with Crippen molar-refractivity contribution in [1.82, 2.24) is 0 Å². The smallest absolute Gasteiger partial charge is 0.423 e. The molecule has 0 aromatic heterocycles. The van der Waals surface area contributed by atoms with Crippen molar-refractivity contribution in [2.75, 3.05) is 0 Å². The van der Waals surface area contributed by atoms with Gasteiger partial charge in [-0.1, -0.05) is 64.1 Å². The Bertz CT molecular complexity index is 889. The van der Waals surface area contributed by atoms with Gasteiger partial charge in [0.15, 0.2) is 0 Å². The topological polar surface area (TPSA) is 35.5 Å². The number of benzene rings is 2. The van der Waals surface area contributed by atoms with Gasteiger partial charge in [0.2, 0.25) is 0 Å². The van der Waals surface area contributed by atoms with Crippen LogP contribution in [0.1, 0.15) is 99.6 Å². The Hall–Kier alpha value is -2.29. The van der Waals surface area contributed by atoms with Gasteiger partial charge in [-0.3, -0.25) is 0 Å². The number of carbonyl (C=O) groups is 1. The summed E-state index contributed by atoms with van der Waals surface area (Å²) in [5, 5.41) is 0. The van der Waals surface area contributed by atoms with Crippen LogP contribution in [0.15, 0.2) is 36.4 Å². The second-order valence-electron chi connectivity index (χ2n) is 9.55. The third-order valence-electron chi connectivity index (χ3n) is 7.78. The Balaban J connectivity index is 1.57. The van der Waals surface area contributed by atoms with E-state index in [9.17, 15) is 4.79 Å². The van der Waals surface area contributed by atoms with Gasteiger partial charge in [0.05, 0.1) is 0 Å². The number of hydrogen-bond donors (Lipinski definition) is 0. The first-order valence-corrected chi connectivity index (χ1v) is 12.7. The van der Waals surface area contributed by atoms with Crippen molar-refractivity contribution in [2.45, 2.75) is 103 Å². The fourth-order valence-electron chi connectivity index (χ4n) is 5.40. The quantitative estimate of drug-likeness (QED) is 0.402. The molecule has 2 aromatic carbocycles. The fraction of sp³-hybridized carbons (Fsp3) is 0.552. The SMILES string of the molecule is CCc1ccc(C2(OC(=O)OC3(c4ccc(CC)cc4CC)CCC3)CCC2)c(CC)c1. The molecule has 3 nitrogen and oxygen atoms in total. The third-order valence-corrected chi connectivity index (χ3v) is 7.78. The lowest BCUT2D eigenvalue weighted by Gasteiger charge is -2.45. The number of carbonyl (C=O) groups excluding carboxylic acids is 1. The van der Waals surface area contributed by atoms with Crippen LogP contribution < -0.4 is 0 Å². The minimum Gasteiger partial charge on any atom is -0.423 e. The standard InChI is InChI=1S/C29H38O3/c1-5-21-11-13-25(23(7-3)19-21)28(15-9-16-28)31-27(30)32-29(17-10-18-29)26-14-12-22(6-2)20-24(26)8-4/h11-14,19-20H,5-10,15-18H2,1-4H3. The molecule has 2 saturated carbocycles. The molecule has 0 heterocycles. The Kier molecular flexibility index (Phi) is 6.65. The zero-order chi connectivity index (χ0) is 22.8. The molecule has 2 aromatic rings. The molecule has 0 radical (unpaired) electrons. The molecular weight excluding hydrogens is 396 g/mol. The highest BCUT2D eigenvalue weighted by molar-refractivity contribution is 5.63. The normalized spacial score (nSPS) is 18.4. The highest BCUT2D eigenvalue weighted by atomic mass is 16.7. The zero-order valence-electron chi connectivity index (χ0n) is 20.3. The van der Waals surface area contributed by atoms with Gasteiger partial charge in [-0.05, 0) is 97.6 Å². The van der Waals surface area contributed by atoms with E-state index in [2.05, 4.69) is 64.1 Å². The summed E-state index contributed by atoms with van der Waals surface area (Å²) in [4.78, 5) is 13.2. The summed E-state index contributed by atoms with van der Waals surface area (Å²) in [5.41, 5.74) is 6.53. The van der Waals surface area contributed by atoms with Crippen LogP contribution in [0.4, 0.5) is 4.79 Å². The van der Waals surface area contributed by atoms with Gasteiger partial charge in [-0.15, -0.1) is 0 Å². The van der Waals surface area contributed by atoms with Crippen molar-refractivity contribution in [3.8, 4) is 0 Å². The molecule has 0 unspecified atom stereocenters. The number of ether oxygens (including phenoxy) is 2. The second-order valence-corrected chi connectivity index (χ2v) is 9.55. The minimum atomic E-state index is -0.528. The largest absolute Gasteiger partial charge is 0.510 e. The molecule has 172 valence electrons. The van der Waals surface area contributed by atoms with E-state index >= 15 is 0 Å². The van der Waals surface area contributed by atoms with Crippen LogP contribution in [0.3, 0.4) is 0 Å². The molecule has 32 heavy (non-hydrogen) atoms. The van der Waals surface area contributed by atoms with Gasteiger partial charge < -0.3 is 9.47 Å². The van der Waals surface area contributed by atoms with Gasteiger partial charge in [0.25, 0.3) is 0 Å². The molecule has 0 saturated heterocycles. The predicted octanol–water partition coefficient (Wildman–Crippen LogP) is 7.55. The summed E-state index contributed by atoms with van der Waals surface area (Å²) in [7, 11) is 0. The molecule has 0 spiro atoms. The van der Waals surface area contributed by atoms with Gasteiger partial charge in [0.1, 0.15) is 11.2 Å². The van der Waals surface area contributed by atoms with Crippen LogP contribution in [-0.4, -0.2) is 6.16 Å². The molecule has 2 aliphatic rings. The van der Waals surface area contributed by atoms with Gasteiger partial charge in [0, 0.05) is 0 Å². The first kappa shape index (κ1) is 22.9. The average Bonchev–Trinajstić information content (AvgIpc) is 2.78. The summed E-state index contributed by atoms with van der Waals surface area (Å²) in [6.07, 6.45) is 9.06. The molecule has 0 aliphatic heterocycles. The third kappa shape index (κ3) is 4.07. The van der Waals surface area contributed by atoms with Crippen LogP contribution in [-0.2, 0) is 46.4 Å². The Morgan fingerprint density at radius 1 is 0.688 bits per heavy atom. The first-order chi connectivity index (χ1) is 15.5. The Morgan fingerprint density at radius 2 is 1.09 bits per heavy atom. The highest BCUT2D eigenvalue weighted by Crippen LogP contribution is 2.50. The Morgan fingerprint density at radius 3 is 1.38 bits per heavy atom. The van der Waals surface area contributed by atoms with Crippen molar-refractivity contribution in [1.29, 1.82) is 0 Å². The van der Waals surface area contributed by atoms with E-state index in [1.807, 2.05) is 0 Å². The lowest BCUT2D eigenvalue weighted by molar-refractivity contribution is -0.136. The Labute approximate surface area is 193 Å². The van der Waals surface area contributed by atoms with Gasteiger partial charge >= 0.3 is 6.16 Å². The summed E-state index contributed by atoms with van der Waals surface area (Å²) in [6, 6.07) is 13.3. The monoisotopic (exact) mass is 434 g/mol. The van der Waals surface area contributed by atoms with Crippen LogP contribution in [0.2, 0.25) is 0 Å². The zero-order valence-corrected chi connectivity index (χ0v) is 20.3. The minimum absolute atomic E-state index is 0.507. The van der Waals surface area contributed by atoms with Crippen molar-refractivity contribution in [2.24, 2.45) is 0 Å². The van der Waals surface area contributed by atoms with E-state index < -0.39 is 17.4 Å². The number of rotatable bonds is 8. The summed E-state index contributed by atoms with van der Waals surface area (Å²) in [5.74, 6) is 0.